The Morgan fingerprint density at radius 2 is 2.00 bits per heavy atom. The van der Waals surface area contributed by atoms with Crippen molar-refractivity contribution < 1.29 is 23.8 Å². The van der Waals surface area contributed by atoms with Gasteiger partial charge in [0.15, 0.2) is 0 Å². The van der Waals surface area contributed by atoms with Gasteiger partial charge in [0, 0.05) is 0 Å². The minimum Gasteiger partial charge on any atom is -0.478 e. The standard InChI is InChI=1S/C16H16FNO4S/c1-2-10-7-8-23-14(10)15(19)18-9-13(16(20)21)22-12-5-3-11(17)4-6-12/h3-8,13H,2,9H2,1H3,(H,18,19)(H,20,21). The van der Waals surface area contributed by atoms with Crippen LogP contribution in [0.5, 0.6) is 5.75 Å². The van der Waals surface area contributed by atoms with Gasteiger partial charge < -0.3 is 15.2 Å². The van der Waals surface area contributed by atoms with Crippen LogP contribution in [-0.4, -0.2) is 29.6 Å². The third-order valence-corrected chi connectivity index (χ3v) is 4.10. The fraction of sp³-hybridized carbons (Fsp3) is 0.250. The van der Waals surface area contributed by atoms with Gasteiger partial charge >= 0.3 is 5.97 Å². The van der Waals surface area contributed by atoms with Gasteiger partial charge in [0.05, 0.1) is 11.4 Å². The summed E-state index contributed by atoms with van der Waals surface area (Å²) in [6, 6.07) is 6.88. The molecule has 0 aliphatic rings. The molecule has 23 heavy (non-hydrogen) atoms. The number of aliphatic carboxylic acids is 1. The molecule has 2 rings (SSSR count). The molecule has 1 atom stereocenters. The van der Waals surface area contributed by atoms with Gasteiger partial charge in [-0.3, -0.25) is 4.79 Å². The van der Waals surface area contributed by atoms with E-state index >= 15 is 0 Å². The van der Waals surface area contributed by atoms with Crippen LogP contribution in [0.3, 0.4) is 0 Å². The molecule has 0 saturated carbocycles. The summed E-state index contributed by atoms with van der Waals surface area (Å²) in [5.41, 5.74) is 0.916. The number of carboxylic acids is 1. The van der Waals surface area contributed by atoms with E-state index in [2.05, 4.69) is 5.32 Å². The highest BCUT2D eigenvalue weighted by Gasteiger charge is 2.21. The highest BCUT2D eigenvalue weighted by Crippen LogP contribution is 2.17. The minimum absolute atomic E-state index is 0.188. The van der Waals surface area contributed by atoms with Crippen LogP contribution in [0.2, 0.25) is 0 Å². The van der Waals surface area contributed by atoms with Gasteiger partial charge in [-0.25, -0.2) is 9.18 Å². The van der Waals surface area contributed by atoms with E-state index in [9.17, 15) is 19.1 Å². The first-order valence-corrected chi connectivity index (χ1v) is 7.88. The van der Waals surface area contributed by atoms with E-state index in [0.717, 1.165) is 12.0 Å². The summed E-state index contributed by atoms with van der Waals surface area (Å²) in [4.78, 5) is 23.9. The zero-order valence-electron chi connectivity index (χ0n) is 12.4. The van der Waals surface area contributed by atoms with Crippen molar-refractivity contribution in [3.63, 3.8) is 0 Å². The normalized spacial score (nSPS) is 11.7. The van der Waals surface area contributed by atoms with Crippen LogP contribution >= 0.6 is 11.3 Å². The quantitative estimate of drug-likeness (QED) is 0.814. The Morgan fingerprint density at radius 1 is 1.30 bits per heavy atom. The Morgan fingerprint density at radius 3 is 2.61 bits per heavy atom. The number of hydrogen-bond donors (Lipinski definition) is 2. The van der Waals surface area contributed by atoms with Gasteiger partial charge in [-0.2, -0.15) is 0 Å². The molecule has 1 heterocycles. The highest BCUT2D eigenvalue weighted by molar-refractivity contribution is 7.12. The lowest BCUT2D eigenvalue weighted by Crippen LogP contribution is -2.40. The molecule has 0 radical (unpaired) electrons. The molecule has 7 heteroatoms. The lowest BCUT2D eigenvalue weighted by Gasteiger charge is -2.15. The molecule has 1 aromatic heterocycles. The lowest BCUT2D eigenvalue weighted by molar-refractivity contribution is -0.144. The summed E-state index contributed by atoms with van der Waals surface area (Å²) in [5.74, 6) is -1.76. The number of rotatable bonds is 7. The highest BCUT2D eigenvalue weighted by atomic mass is 32.1. The number of aryl methyl sites for hydroxylation is 1. The van der Waals surface area contributed by atoms with Crippen molar-refractivity contribution in [2.75, 3.05) is 6.54 Å². The molecular weight excluding hydrogens is 321 g/mol. The number of carboxylic acid groups (broad SMARTS) is 1. The van der Waals surface area contributed by atoms with Crippen LogP contribution in [0, 0.1) is 5.82 Å². The summed E-state index contributed by atoms with van der Waals surface area (Å²) in [6.07, 6.45) is -0.532. The average molecular weight is 337 g/mol. The number of carbonyl (C=O) groups is 2. The van der Waals surface area contributed by atoms with E-state index in [1.165, 1.54) is 35.6 Å². The second-order valence-corrected chi connectivity index (χ2v) is 5.65. The van der Waals surface area contributed by atoms with Crippen LogP contribution < -0.4 is 10.1 Å². The molecule has 5 nitrogen and oxygen atoms in total. The van der Waals surface area contributed by atoms with Crippen molar-refractivity contribution in [1.29, 1.82) is 0 Å². The Bertz CT molecular complexity index is 684. The number of carbonyl (C=O) groups excluding carboxylic acids is 1. The van der Waals surface area contributed by atoms with Gasteiger partial charge in [-0.05, 0) is 47.7 Å². The van der Waals surface area contributed by atoms with Crippen LogP contribution in [0.25, 0.3) is 0 Å². The summed E-state index contributed by atoms with van der Waals surface area (Å²) in [7, 11) is 0. The summed E-state index contributed by atoms with van der Waals surface area (Å²) in [5, 5.41) is 13.6. The number of nitrogens with one attached hydrogen (secondary N) is 1. The topological polar surface area (TPSA) is 75.6 Å². The van der Waals surface area contributed by atoms with E-state index in [-0.39, 0.29) is 18.2 Å². The SMILES string of the molecule is CCc1ccsc1C(=O)NCC(Oc1ccc(F)cc1)C(=O)O. The first-order valence-electron chi connectivity index (χ1n) is 7.01. The number of hydrogen-bond acceptors (Lipinski definition) is 4. The van der Waals surface area contributed by atoms with Gasteiger partial charge in [-0.15, -0.1) is 11.3 Å². The first kappa shape index (κ1) is 17.0. The molecule has 2 N–H and O–H groups in total. The van der Waals surface area contributed by atoms with E-state index < -0.39 is 17.9 Å². The third-order valence-electron chi connectivity index (χ3n) is 3.15. The van der Waals surface area contributed by atoms with E-state index in [4.69, 9.17) is 4.74 Å². The van der Waals surface area contributed by atoms with E-state index in [0.29, 0.717) is 4.88 Å². The fourth-order valence-corrected chi connectivity index (χ4v) is 2.85. The average Bonchev–Trinajstić information content (AvgIpc) is 3.01. The predicted molar refractivity (Wildman–Crippen MR) is 84.5 cm³/mol. The summed E-state index contributed by atoms with van der Waals surface area (Å²) in [6.45, 7) is 1.75. The van der Waals surface area contributed by atoms with Crippen LogP contribution in [0.4, 0.5) is 4.39 Å². The second kappa shape index (κ2) is 7.73. The summed E-state index contributed by atoms with van der Waals surface area (Å²) < 4.78 is 18.1. The molecule has 0 bridgehead atoms. The van der Waals surface area contributed by atoms with Crippen molar-refractivity contribution in [2.45, 2.75) is 19.4 Å². The largest absolute Gasteiger partial charge is 0.478 e. The van der Waals surface area contributed by atoms with Crippen molar-refractivity contribution >= 4 is 23.2 Å². The lowest BCUT2D eigenvalue weighted by atomic mass is 10.2. The Labute approximate surface area is 136 Å². The molecule has 0 saturated heterocycles. The maximum Gasteiger partial charge on any atom is 0.346 e. The molecule has 1 unspecified atom stereocenters. The smallest absolute Gasteiger partial charge is 0.346 e. The van der Waals surface area contributed by atoms with E-state index in [1.54, 1.807) is 0 Å². The van der Waals surface area contributed by atoms with Crippen molar-refractivity contribution in [1.82, 2.24) is 5.32 Å². The number of benzene rings is 1. The van der Waals surface area contributed by atoms with Crippen molar-refractivity contribution in [3.05, 3.63) is 52.0 Å². The summed E-state index contributed by atoms with van der Waals surface area (Å²) >= 11 is 1.31. The monoisotopic (exact) mass is 337 g/mol. The molecule has 0 spiro atoms. The predicted octanol–water partition coefficient (Wildman–Crippen LogP) is 2.71. The van der Waals surface area contributed by atoms with Crippen molar-refractivity contribution in [2.24, 2.45) is 0 Å². The number of thiophene rings is 1. The van der Waals surface area contributed by atoms with Gasteiger partial charge in [0.25, 0.3) is 5.91 Å². The molecule has 2 aromatic rings. The molecule has 1 amide bonds. The molecule has 0 aliphatic carbocycles. The second-order valence-electron chi connectivity index (χ2n) is 4.74. The molecule has 122 valence electrons. The number of halogens is 1. The zero-order valence-corrected chi connectivity index (χ0v) is 13.2. The van der Waals surface area contributed by atoms with Crippen molar-refractivity contribution in [3.8, 4) is 5.75 Å². The molecule has 1 aromatic carbocycles. The van der Waals surface area contributed by atoms with Gasteiger partial charge in [0.2, 0.25) is 6.10 Å². The van der Waals surface area contributed by atoms with Crippen LogP contribution in [-0.2, 0) is 11.2 Å². The van der Waals surface area contributed by atoms with Gasteiger partial charge in [-0.1, -0.05) is 6.92 Å². The molecule has 0 aliphatic heterocycles. The minimum atomic E-state index is -1.26. The maximum atomic E-state index is 12.8. The maximum absolute atomic E-state index is 12.8. The zero-order chi connectivity index (χ0) is 16.8. The Hall–Kier alpha value is -2.41. The Balaban J connectivity index is 1.98. The van der Waals surface area contributed by atoms with Gasteiger partial charge in [0.1, 0.15) is 11.6 Å². The molecule has 0 fully saturated rings. The Kier molecular flexibility index (Phi) is 5.70. The van der Waals surface area contributed by atoms with Crippen LogP contribution in [0.15, 0.2) is 35.7 Å². The van der Waals surface area contributed by atoms with E-state index in [1.807, 2.05) is 18.4 Å². The van der Waals surface area contributed by atoms with Crippen LogP contribution in [0.1, 0.15) is 22.2 Å². The fourth-order valence-electron chi connectivity index (χ4n) is 1.94. The molecular formula is C16H16FNO4S. The first-order chi connectivity index (χ1) is 11.0. The third kappa shape index (κ3) is 4.53. The number of amides is 1. The number of ether oxygens (including phenoxy) is 1.